The van der Waals surface area contributed by atoms with Crippen molar-refractivity contribution in [3.05, 3.63) is 243 Å². The van der Waals surface area contributed by atoms with Crippen molar-refractivity contribution in [3.63, 3.8) is 0 Å². The fourth-order valence-corrected chi connectivity index (χ4v) is 9.41. The quantitative estimate of drug-likeness (QED) is 0.153. The fourth-order valence-electron chi connectivity index (χ4n) is 9.41. The molecule has 0 saturated carbocycles. The third kappa shape index (κ3) is 6.38. The Labute approximate surface area is 366 Å². The average molecular weight is 805 g/mol. The van der Waals surface area contributed by atoms with Crippen LogP contribution in [0.4, 0.5) is 17.1 Å². The number of anilines is 3. The zero-order valence-corrected chi connectivity index (χ0v) is 34.4. The molecule has 12 rings (SSSR count). The lowest BCUT2D eigenvalue weighted by Gasteiger charge is -2.28. The highest BCUT2D eigenvalue weighted by molar-refractivity contribution is 6.11. The van der Waals surface area contributed by atoms with Gasteiger partial charge in [0, 0.05) is 49.7 Å². The molecule has 0 fully saturated rings. The Morgan fingerprint density at radius 3 is 1.48 bits per heavy atom. The van der Waals surface area contributed by atoms with Crippen molar-refractivity contribution in [1.29, 1.82) is 0 Å². The van der Waals surface area contributed by atoms with E-state index in [0.717, 1.165) is 78.1 Å². The van der Waals surface area contributed by atoms with Gasteiger partial charge in [0.05, 0.1) is 16.7 Å². The third-order valence-corrected chi connectivity index (χ3v) is 12.4. The summed E-state index contributed by atoms with van der Waals surface area (Å²) in [5, 5.41) is 4.77. The first-order chi connectivity index (χ1) is 31.2. The van der Waals surface area contributed by atoms with E-state index in [9.17, 15) is 0 Å². The normalized spacial score (nSPS) is 11.5. The summed E-state index contributed by atoms with van der Waals surface area (Å²) in [6.07, 6.45) is 0. The molecule has 0 bridgehead atoms. The molecular formula is C60H40N2O. The molecule has 2 aromatic heterocycles. The molecule has 0 aliphatic rings. The summed E-state index contributed by atoms with van der Waals surface area (Å²) in [5.74, 6) is 0. The van der Waals surface area contributed by atoms with Crippen molar-refractivity contribution < 1.29 is 4.42 Å². The Bertz CT molecular complexity index is 3550. The van der Waals surface area contributed by atoms with E-state index in [1.165, 1.54) is 32.9 Å². The monoisotopic (exact) mass is 804 g/mol. The number of hydrogen-bond acceptors (Lipinski definition) is 2. The summed E-state index contributed by atoms with van der Waals surface area (Å²) in [4.78, 5) is 2.37. The summed E-state index contributed by atoms with van der Waals surface area (Å²) in [7, 11) is 0. The number of para-hydroxylation sites is 4. The molecular weight excluding hydrogens is 765 g/mol. The summed E-state index contributed by atoms with van der Waals surface area (Å²) in [6.45, 7) is 0. The lowest BCUT2D eigenvalue weighted by molar-refractivity contribution is 0.670. The average Bonchev–Trinajstić information content (AvgIpc) is 3.91. The van der Waals surface area contributed by atoms with E-state index >= 15 is 0 Å². The van der Waals surface area contributed by atoms with Crippen LogP contribution >= 0.6 is 0 Å². The van der Waals surface area contributed by atoms with Crippen LogP contribution in [-0.4, -0.2) is 4.57 Å². The minimum absolute atomic E-state index is 0.883. The summed E-state index contributed by atoms with van der Waals surface area (Å²) >= 11 is 0. The van der Waals surface area contributed by atoms with Gasteiger partial charge in [-0.15, -0.1) is 0 Å². The smallest absolute Gasteiger partial charge is 0.143 e. The lowest BCUT2D eigenvalue weighted by atomic mass is 9.99. The van der Waals surface area contributed by atoms with Crippen molar-refractivity contribution in [3.8, 4) is 50.2 Å². The Hall–Kier alpha value is -8.40. The Balaban J connectivity index is 0.922. The van der Waals surface area contributed by atoms with Crippen LogP contribution in [0.15, 0.2) is 247 Å². The second-order valence-corrected chi connectivity index (χ2v) is 16.1. The van der Waals surface area contributed by atoms with Gasteiger partial charge in [-0.25, -0.2) is 0 Å². The standard InChI is InChI=1S/C60H40N2O/c1-3-15-43(16-4-1)50-21-7-10-26-56(50)61(47-34-29-41(30-35-47)45-19-13-20-49(39-45)62-57-27-11-8-22-52(57)53-23-9-12-28-58(53)62)48-36-31-42(32-37-48)46-33-38-54-55-25-14-24-51(44-17-5-2-6-18-44)60(55)63-59(54)40-46/h1-40H. The maximum absolute atomic E-state index is 6.62. The predicted molar refractivity (Wildman–Crippen MR) is 264 cm³/mol. The van der Waals surface area contributed by atoms with Crippen LogP contribution in [0.5, 0.6) is 0 Å². The number of furan rings is 1. The van der Waals surface area contributed by atoms with Crippen molar-refractivity contribution in [2.45, 2.75) is 0 Å². The van der Waals surface area contributed by atoms with Crippen molar-refractivity contribution in [2.75, 3.05) is 4.90 Å². The maximum atomic E-state index is 6.62. The van der Waals surface area contributed by atoms with Crippen LogP contribution < -0.4 is 4.90 Å². The number of aromatic nitrogens is 1. The molecule has 0 aliphatic carbocycles. The number of fused-ring (bicyclic) bond motifs is 6. The Kier molecular flexibility index (Phi) is 8.83. The van der Waals surface area contributed by atoms with Gasteiger partial charge in [0.15, 0.2) is 0 Å². The fraction of sp³-hybridized carbons (Fsp3) is 0. The molecule has 2 heterocycles. The molecule has 0 spiro atoms. The first-order valence-electron chi connectivity index (χ1n) is 21.5. The summed E-state index contributed by atoms with van der Waals surface area (Å²) < 4.78 is 9.00. The van der Waals surface area contributed by atoms with Gasteiger partial charge in [-0.05, 0) is 100 Å². The van der Waals surface area contributed by atoms with Gasteiger partial charge in [0.1, 0.15) is 11.2 Å². The largest absolute Gasteiger partial charge is 0.455 e. The minimum atomic E-state index is 0.883. The van der Waals surface area contributed by atoms with E-state index in [4.69, 9.17) is 4.42 Å². The number of rotatable bonds is 8. The van der Waals surface area contributed by atoms with Crippen molar-refractivity contribution in [2.24, 2.45) is 0 Å². The molecule has 0 radical (unpaired) electrons. The number of nitrogens with zero attached hydrogens (tertiary/aromatic N) is 2. The van der Waals surface area contributed by atoms with E-state index in [1.54, 1.807) is 0 Å². The van der Waals surface area contributed by atoms with E-state index in [2.05, 4.69) is 246 Å². The summed E-state index contributed by atoms with van der Waals surface area (Å²) in [6, 6.07) is 86.9. The molecule has 3 heteroatoms. The van der Waals surface area contributed by atoms with Crippen LogP contribution in [0, 0.1) is 0 Å². The van der Waals surface area contributed by atoms with E-state index in [0.29, 0.717) is 0 Å². The molecule has 63 heavy (non-hydrogen) atoms. The topological polar surface area (TPSA) is 21.3 Å². The molecule has 10 aromatic carbocycles. The van der Waals surface area contributed by atoms with Crippen LogP contribution in [-0.2, 0) is 0 Å². The second-order valence-electron chi connectivity index (χ2n) is 16.1. The Morgan fingerprint density at radius 1 is 0.317 bits per heavy atom. The van der Waals surface area contributed by atoms with Gasteiger partial charge in [-0.3, -0.25) is 0 Å². The van der Waals surface area contributed by atoms with Gasteiger partial charge in [0.25, 0.3) is 0 Å². The van der Waals surface area contributed by atoms with E-state index in [-0.39, 0.29) is 0 Å². The van der Waals surface area contributed by atoms with Gasteiger partial charge < -0.3 is 13.9 Å². The molecule has 0 amide bonds. The first-order valence-corrected chi connectivity index (χ1v) is 21.5. The lowest BCUT2D eigenvalue weighted by Crippen LogP contribution is -2.11. The number of benzene rings is 10. The van der Waals surface area contributed by atoms with Crippen LogP contribution in [0.25, 0.3) is 93.9 Å². The molecule has 12 aromatic rings. The van der Waals surface area contributed by atoms with Gasteiger partial charge in [0.2, 0.25) is 0 Å². The zero-order chi connectivity index (χ0) is 41.7. The van der Waals surface area contributed by atoms with Crippen LogP contribution in [0.1, 0.15) is 0 Å². The molecule has 0 saturated heterocycles. The SMILES string of the molecule is c1ccc(-c2ccccc2N(c2ccc(-c3cccc(-n4c5ccccc5c5ccccc54)c3)cc2)c2ccc(-c3ccc4c(c3)oc3c(-c5ccccc5)cccc34)cc2)cc1. The minimum Gasteiger partial charge on any atom is -0.455 e. The highest BCUT2D eigenvalue weighted by Gasteiger charge is 2.19. The molecule has 0 unspecified atom stereocenters. The van der Waals surface area contributed by atoms with Crippen LogP contribution in [0.2, 0.25) is 0 Å². The maximum Gasteiger partial charge on any atom is 0.143 e. The highest BCUT2D eigenvalue weighted by atomic mass is 16.3. The predicted octanol–water partition coefficient (Wildman–Crippen LogP) is 16.8. The second kappa shape index (κ2) is 15.3. The van der Waals surface area contributed by atoms with E-state index in [1.807, 2.05) is 6.07 Å². The first kappa shape index (κ1) is 36.5. The highest BCUT2D eigenvalue weighted by Crippen LogP contribution is 2.43. The van der Waals surface area contributed by atoms with Crippen LogP contribution in [0.3, 0.4) is 0 Å². The van der Waals surface area contributed by atoms with E-state index < -0.39 is 0 Å². The van der Waals surface area contributed by atoms with Gasteiger partial charge in [-0.1, -0.05) is 176 Å². The molecule has 0 aliphatic heterocycles. The van der Waals surface area contributed by atoms with Crippen molar-refractivity contribution in [1.82, 2.24) is 4.57 Å². The Morgan fingerprint density at radius 2 is 0.810 bits per heavy atom. The zero-order valence-electron chi connectivity index (χ0n) is 34.4. The molecule has 0 N–H and O–H groups in total. The van der Waals surface area contributed by atoms with Crippen molar-refractivity contribution >= 4 is 60.8 Å². The summed E-state index contributed by atoms with van der Waals surface area (Å²) in [5.41, 5.74) is 17.7. The molecule has 0 atom stereocenters. The third-order valence-electron chi connectivity index (χ3n) is 12.4. The number of hydrogen-bond donors (Lipinski definition) is 0. The van der Waals surface area contributed by atoms with Gasteiger partial charge in [-0.2, -0.15) is 0 Å². The van der Waals surface area contributed by atoms with Gasteiger partial charge >= 0.3 is 0 Å². The molecule has 3 nitrogen and oxygen atoms in total. The molecule has 296 valence electrons.